The van der Waals surface area contributed by atoms with Crippen LogP contribution in [0, 0.1) is 11.6 Å². The molecule has 0 radical (unpaired) electrons. The molecule has 0 aliphatic rings. The minimum atomic E-state index is -2.95. The molecule has 9 heteroatoms. The van der Waals surface area contributed by atoms with Crippen molar-refractivity contribution in [3.05, 3.63) is 53.6 Å². The highest BCUT2D eigenvalue weighted by Gasteiger charge is 2.13. The molecule has 0 fully saturated rings. The molecule has 152 valence electrons. The number of nitrogens with one attached hydrogen (secondary N) is 1. The second-order valence-electron chi connectivity index (χ2n) is 6.03. The lowest BCUT2D eigenvalue weighted by molar-refractivity contribution is -0.116. The van der Waals surface area contributed by atoms with Gasteiger partial charge in [-0.3, -0.25) is 4.79 Å². The first kappa shape index (κ1) is 21.5. The van der Waals surface area contributed by atoms with E-state index in [-0.39, 0.29) is 29.5 Å². The molecule has 5 nitrogen and oxygen atoms in total. The summed E-state index contributed by atoms with van der Waals surface area (Å²) in [5.74, 6) is -2.26. The van der Waals surface area contributed by atoms with Gasteiger partial charge in [-0.05, 0) is 36.9 Å². The van der Waals surface area contributed by atoms with Gasteiger partial charge in [0.1, 0.15) is 0 Å². The lowest BCUT2D eigenvalue weighted by atomic mass is 10.2. The molecule has 1 N–H and O–H groups in total. The zero-order valence-electron chi connectivity index (χ0n) is 15.3. The predicted molar refractivity (Wildman–Crippen MR) is 95.6 cm³/mol. The topological polar surface area (TPSA) is 50.8 Å². The fourth-order valence-electron chi connectivity index (χ4n) is 2.48. The van der Waals surface area contributed by atoms with Gasteiger partial charge in [-0.1, -0.05) is 6.07 Å². The highest BCUT2D eigenvalue weighted by molar-refractivity contribution is 5.90. The average Bonchev–Trinajstić information content (AvgIpc) is 2.64. The second kappa shape index (κ2) is 9.93. The van der Waals surface area contributed by atoms with E-state index in [0.29, 0.717) is 13.1 Å². The molecule has 0 saturated carbocycles. The number of benzene rings is 2. The standard InChI is InChI=1S/C19H20F4N2O3/c1-25(8-7-18(26)24-13-4-5-14(20)15(21)10-13)11-12-3-6-16(28-19(22)23)17(9-12)27-2/h3-6,9-10,19H,7-8,11H2,1-2H3,(H,24,26). The molecule has 0 aromatic heterocycles. The van der Waals surface area contributed by atoms with Crippen molar-refractivity contribution in [2.75, 3.05) is 26.0 Å². The summed E-state index contributed by atoms with van der Waals surface area (Å²) in [6, 6.07) is 7.71. The van der Waals surface area contributed by atoms with Gasteiger partial charge in [0.05, 0.1) is 7.11 Å². The molecule has 0 atom stereocenters. The molecule has 0 aliphatic heterocycles. The normalized spacial score (nSPS) is 11.0. The van der Waals surface area contributed by atoms with Gasteiger partial charge >= 0.3 is 6.61 Å². The molecule has 0 unspecified atom stereocenters. The van der Waals surface area contributed by atoms with Crippen molar-refractivity contribution in [2.45, 2.75) is 19.6 Å². The Bertz CT molecular complexity index is 818. The predicted octanol–water partition coefficient (Wildman–Crippen LogP) is 4.04. The van der Waals surface area contributed by atoms with Crippen LogP contribution in [0.2, 0.25) is 0 Å². The number of hydrogen-bond acceptors (Lipinski definition) is 4. The quantitative estimate of drug-likeness (QED) is 0.646. The molecular formula is C19H20F4N2O3. The number of halogens is 4. The van der Waals surface area contributed by atoms with Crippen LogP contribution < -0.4 is 14.8 Å². The fraction of sp³-hybridized carbons (Fsp3) is 0.316. The molecule has 0 bridgehead atoms. The Morgan fingerprint density at radius 1 is 1.11 bits per heavy atom. The van der Waals surface area contributed by atoms with E-state index in [1.807, 2.05) is 4.90 Å². The molecule has 2 aromatic rings. The van der Waals surface area contributed by atoms with Gasteiger partial charge in [0.15, 0.2) is 23.1 Å². The van der Waals surface area contributed by atoms with Crippen LogP contribution in [0.1, 0.15) is 12.0 Å². The first-order chi connectivity index (χ1) is 13.3. The third-order valence-electron chi connectivity index (χ3n) is 3.82. The lowest BCUT2D eigenvalue weighted by Gasteiger charge is -2.18. The van der Waals surface area contributed by atoms with Crippen LogP contribution in [0.15, 0.2) is 36.4 Å². The zero-order valence-corrected chi connectivity index (χ0v) is 15.3. The van der Waals surface area contributed by atoms with Crippen molar-refractivity contribution in [1.82, 2.24) is 4.90 Å². The lowest BCUT2D eigenvalue weighted by Crippen LogP contribution is -2.24. The van der Waals surface area contributed by atoms with E-state index in [2.05, 4.69) is 10.1 Å². The minimum Gasteiger partial charge on any atom is -0.493 e. The summed E-state index contributed by atoms with van der Waals surface area (Å²) in [5.41, 5.74) is 0.952. The van der Waals surface area contributed by atoms with E-state index < -0.39 is 18.2 Å². The van der Waals surface area contributed by atoms with Crippen molar-refractivity contribution < 1.29 is 31.8 Å². The molecule has 28 heavy (non-hydrogen) atoms. The van der Waals surface area contributed by atoms with Crippen molar-refractivity contribution >= 4 is 11.6 Å². The number of anilines is 1. The number of rotatable bonds is 9. The van der Waals surface area contributed by atoms with Crippen LogP contribution in [0.4, 0.5) is 23.2 Å². The first-order valence-electron chi connectivity index (χ1n) is 8.33. The molecule has 1 amide bonds. The van der Waals surface area contributed by atoms with Crippen molar-refractivity contribution in [1.29, 1.82) is 0 Å². The van der Waals surface area contributed by atoms with E-state index in [1.54, 1.807) is 19.2 Å². The van der Waals surface area contributed by atoms with Gasteiger partial charge in [-0.25, -0.2) is 8.78 Å². The number of hydrogen-bond donors (Lipinski definition) is 1. The highest BCUT2D eigenvalue weighted by Crippen LogP contribution is 2.29. The Morgan fingerprint density at radius 2 is 1.86 bits per heavy atom. The Morgan fingerprint density at radius 3 is 2.50 bits per heavy atom. The van der Waals surface area contributed by atoms with Crippen LogP contribution >= 0.6 is 0 Å². The summed E-state index contributed by atoms with van der Waals surface area (Å²) in [7, 11) is 3.13. The van der Waals surface area contributed by atoms with Crippen molar-refractivity contribution in [3.8, 4) is 11.5 Å². The molecule has 0 spiro atoms. The van der Waals surface area contributed by atoms with Gasteiger partial charge in [0.2, 0.25) is 5.91 Å². The van der Waals surface area contributed by atoms with Gasteiger partial charge in [0.25, 0.3) is 0 Å². The minimum absolute atomic E-state index is 0.0604. The van der Waals surface area contributed by atoms with Crippen molar-refractivity contribution in [2.24, 2.45) is 0 Å². The number of methoxy groups -OCH3 is 1. The third kappa shape index (κ3) is 6.41. The van der Waals surface area contributed by atoms with Gasteiger partial charge in [-0.15, -0.1) is 0 Å². The van der Waals surface area contributed by atoms with Gasteiger partial charge < -0.3 is 19.7 Å². The van der Waals surface area contributed by atoms with E-state index >= 15 is 0 Å². The summed E-state index contributed by atoms with van der Waals surface area (Å²) >= 11 is 0. The molecule has 0 saturated heterocycles. The maximum atomic E-state index is 13.2. The molecule has 2 aromatic carbocycles. The van der Waals surface area contributed by atoms with Crippen molar-refractivity contribution in [3.63, 3.8) is 0 Å². The smallest absolute Gasteiger partial charge is 0.387 e. The Kier molecular flexibility index (Phi) is 7.62. The fourth-order valence-corrected chi connectivity index (χ4v) is 2.48. The Labute approximate surface area is 159 Å². The molecule has 2 rings (SSSR count). The molecule has 0 aliphatic carbocycles. The monoisotopic (exact) mass is 400 g/mol. The Balaban J connectivity index is 1.86. The SMILES string of the molecule is COc1cc(CN(C)CCC(=O)Nc2ccc(F)c(F)c2)ccc1OC(F)F. The number of nitrogens with zero attached hydrogens (tertiary/aromatic N) is 1. The summed E-state index contributed by atoms with van der Waals surface area (Å²) < 4.78 is 60.2. The summed E-state index contributed by atoms with van der Waals surface area (Å²) in [6.45, 7) is -2.13. The van der Waals surface area contributed by atoms with Gasteiger partial charge in [-0.2, -0.15) is 8.78 Å². The van der Waals surface area contributed by atoms with Crippen LogP contribution in [0.3, 0.4) is 0 Å². The highest BCUT2D eigenvalue weighted by atomic mass is 19.3. The number of amides is 1. The molecule has 0 heterocycles. The van der Waals surface area contributed by atoms with E-state index in [4.69, 9.17) is 4.74 Å². The molecular weight excluding hydrogens is 380 g/mol. The third-order valence-corrected chi connectivity index (χ3v) is 3.82. The van der Waals surface area contributed by atoms with Gasteiger partial charge in [0, 0.05) is 31.3 Å². The van der Waals surface area contributed by atoms with Crippen LogP contribution in [-0.4, -0.2) is 38.1 Å². The number of carbonyl (C=O) groups is 1. The summed E-state index contributed by atoms with van der Waals surface area (Å²) in [6.07, 6.45) is 0.124. The Hall–Kier alpha value is -2.81. The average molecular weight is 400 g/mol. The van der Waals surface area contributed by atoms with E-state index in [1.165, 1.54) is 19.2 Å². The zero-order chi connectivity index (χ0) is 20.7. The largest absolute Gasteiger partial charge is 0.493 e. The van der Waals surface area contributed by atoms with E-state index in [9.17, 15) is 22.4 Å². The van der Waals surface area contributed by atoms with Crippen LogP contribution in [-0.2, 0) is 11.3 Å². The maximum Gasteiger partial charge on any atom is 0.387 e. The van der Waals surface area contributed by atoms with Crippen LogP contribution in [0.5, 0.6) is 11.5 Å². The second-order valence-corrected chi connectivity index (χ2v) is 6.03. The maximum absolute atomic E-state index is 13.2. The summed E-state index contributed by atoms with van der Waals surface area (Å²) in [5, 5.41) is 2.49. The van der Waals surface area contributed by atoms with Crippen LogP contribution in [0.25, 0.3) is 0 Å². The number of alkyl halides is 2. The first-order valence-corrected chi connectivity index (χ1v) is 8.33. The van der Waals surface area contributed by atoms with E-state index in [0.717, 1.165) is 17.7 Å². The number of carbonyl (C=O) groups excluding carboxylic acids is 1. The summed E-state index contributed by atoms with van der Waals surface area (Å²) in [4.78, 5) is 13.8. The number of ether oxygens (including phenoxy) is 2.